The Morgan fingerprint density at radius 1 is 1.27 bits per heavy atom. The zero-order chi connectivity index (χ0) is 16.1. The summed E-state index contributed by atoms with van der Waals surface area (Å²) in [5.41, 5.74) is 0. The first-order valence-electron chi connectivity index (χ1n) is 7.47. The van der Waals surface area contributed by atoms with Gasteiger partial charge in [-0.25, -0.2) is 4.79 Å². The van der Waals surface area contributed by atoms with Crippen LogP contribution in [0.1, 0.15) is 26.3 Å². The number of amides is 2. The van der Waals surface area contributed by atoms with Crippen LogP contribution in [0.25, 0.3) is 0 Å². The van der Waals surface area contributed by atoms with E-state index in [1.807, 2.05) is 6.92 Å². The van der Waals surface area contributed by atoms with Crippen molar-refractivity contribution in [3.05, 3.63) is 17.4 Å². The molecular formula is C14H21ClN4O3. The van der Waals surface area contributed by atoms with Crippen LogP contribution >= 0.6 is 11.6 Å². The highest BCUT2D eigenvalue weighted by atomic mass is 35.5. The van der Waals surface area contributed by atoms with Gasteiger partial charge >= 0.3 is 6.09 Å². The second-order valence-corrected chi connectivity index (χ2v) is 5.51. The number of nitrogens with zero attached hydrogens (tertiary/aromatic N) is 4. The summed E-state index contributed by atoms with van der Waals surface area (Å²) >= 11 is 5.87. The molecule has 122 valence electrons. The fraction of sp³-hybridized carbons (Fsp3) is 0.643. The maximum atomic E-state index is 12.6. The lowest BCUT2D eigenvalue weighted by molar-refractivity contribution is -0.136. The zero-order valence-electron chi connectivity index (χ0n) is 12.9. The summed E-state index contributed by atoms with van der Waals surface area (Å²) in [6.45, 7) is 6.05. The van der Waals surface area contributed by atoms with Crippen LogP contribution in [-0.4, -0.2) is 64.4 Å². The Morgan fingerprint density at radius 3 is 2.41 bits per heavy atom. The van der Waals surface area contributed by atoms with Gasteiger partial charge < -0.3 is 14.5 Å². The van der Waals surface area contributed by atoms with E-state index < -0.39 is 0 Å². The highest BCUT2D eigenvalue weighted by molar-refractivity contribution is 6.30. The van der Waals surface area contributed by atoms with Gasteiger partial charge in [0.15, 0.2) is 0 Å². The Balaban J connectivity index is 1.95. The molecule has 0 N–H and O–H groups in total. The van der Waals surface area contributed by atoms with E-state index in [4.69, 9.17) is 16.3 Å². The van der Waals surface area contributed by atoms with Crippen LogP contribution in [0.5, 0.6) is 0 Å². The first-order chi connectivity index (χ1) is 10.6. The van der Waals surface area contributed by atoms with Crippen LogP contribution in [0.2, 0.25) is 5.02 Å². The Kier molecular flexibility index (Phi) is 5.65. The topological polar surface area (TPSA) is 67.7 Å². The van der Waals surface area contributed by atoms with E-state index >= 15 is 0 Å². The number of carbonyl (C=O) groups excluding carboxylic acids is 2. The van der Waals surface area contributed by atoms with Gasteiger partial charge in [-0.2, -0.15) is 5.10 Å². The number of aromatic nitrogens is 2. The van der Waals surface area contributed by atoms with Crippen LogP contribution in [0, 0.1) is 0 Å². The Labute approximate surface area is 134 Å². The van der Waals surface area contributed by atoms with Gasteiger partial charge in [0, 0.05) is 32.4 Å². The lowest BCUT2D eigenvalue weighted by atomic mass is 10.2. The summed E-state index contributed by atoms with van der Waals surface area (Å²) in [5, 5.41) is 4.64. The molecule has 2 heterocycles. The summed E-state index contributed by atoms with van der Waals surface area (Å²) in [6, 6.07) is -0.360. The monoisotopic (exact) mass is 328 g/mol. The van der Waals surface area contributed by atoms with Crippen molar-refractivity contribution in [3.8, 4) is 0 Å². The predicted molar refractivity (Wildman–Crippen MR) is 81.7 cm³/mol. The largest absolute Gasteiger partial charge is 0.450 e. The van der Waals surface area contributed by atoms with Crippen molar-refractivity contribution in [1.82, 2.24) is 19.6 Å². The first kappa shape index (κ1) is 16.6. The molecule has 0 aliphatic carbocycles. The summed E-state index contributed by atoms with van der Waals surface area (Å²) < 4.78 is 6.57. The third kappa shape index (κ3) is 3.71. The maximum absolute atomic E-state index is 12.6. The zero-order valence-corrected chi connectivity index (χ0v) is 13.6. The Morgan fingerprint density at radius 2 is 1.91 bits per heavy atom. The summed E-state index contributed by atoms with van der Waals surface area (Å²) in [5.74, 6) is 0.00535. The lowest BCUT2D eigenvalue weighted by Gasteiger charge is -2.35. The normalized spacial score (nSPS) is 16.5. The fourth-order valence-electron chi connectivity index (χ4n) is 2.50. The highest BCUT2D eigenvalue weighted by Gasteiger charge is 2.29. The molecule has 2 amide bonds. The minimum Gasteiger partial charge on any atom is -0.450 e. The van der Waals surface area contributed by atoms with E-state index in [-0.39, 0.29) is 18.0 Å². The third-order valence-electron chi connectivity index (χ3n) is 3.68. The smallest absolute Gasteiger partial charge is 0.409 e. The maximum Gasteiger partial charge on any atom is 0.409 e. The van der Waals surface area contributed by atoms with Gasteiger partial charge in [0.1, 0.15) is 6.04 Å². The minimum absolute atomic E-state index is 0.00535. The lowest BCUT2D eigenvalue weighted by Crippen LogP contribution is -2.52. The quantitative estimate of drug-likeness (QED) is 0.845. The summed E-state index contributed by atoms with van der Waals surface area (Å²) in [4.78, 5) is 27.7. The molecule has 0 saturated carbocycles. The number of carbonyl (C=O) groups is 2. The first-order valence-corrected chi connectivity index (χ1v) is 7.84. The van der Waals surface area contributed by atoms with E-state index in [2.05, 4.69) is 5.10 Å². The molecular weight excluding hydrogens is 308 g/mol. The molecule has 22 heavy (non-hydrogen) atoms. The molecule has 1 saturated heterocycles. The molecule has 0 bridgehead atoms. The molecule has 0 spiro atoms. The van der Waals surface area contributed by atoms with Crippen molar-refractivity contribution in [2.45, 2.75) is 26.3 Å². The van der Waals surface area contributed by atoms with Gasteiger partial charge in [-0.1, -0.05) is 18.5 Å². The standard InChI is InChI=1S/C14H21ClN4O3/c1-3-12(19-10-11(15)9-16-19)13(20)17-5-7-18(8-6-17)14(21)22-4-2/h9-10,12H,3-8H2,1-2H3. The SMILES string of the molecule is CCOC(=O)N1CCN(C(=O)C(CC)n2cc(Cl)cn2)CC1. The number of rotatable bonds is 4. The fourth-order valence-corrected chi connectivity index (χ4v) is 2.64. The number of ether oxygens (including phenoxy) is 1. The molecule has 1 fully saturated rings. The molecule has 2 rings (SSSR count). The molecule has 8 heteroatoms. The summed E-state index contributed by atoms with van der Waals surface area (Å²) in [7, 11) is 0. The number of piperazine rings is 1. The van der Waals surface area contributed by atoms with Crippen molar-refractivity contribution in [1.29, 1.82) is 0 Å². The second kappa shape index (κ2) is 7.49. The van der Waals surface area contributed by atoms with Gasteiger partial charge in [-0.3, -0.25) is 9.48 Å². The highest BCUT2D eigenvalue weighted by Crippen LogP contribution is 2.18. The van der Waals surface area contributed by atoms with Gasteiger partial charge in [0.05, 0.1) is 17.8 Å². The van der Waals surface area contributed by atoms with E-state index in [1.165, 1.54) is 6.20 Å². The number of hydrogen-bond donors (Lipinski definition) is 0. The van der Waals surface area contributed by atoms with E-state index in [0.29, 0.717) is 44.2 Å². The summed E-state index contributed by atoms with van der Waals surface area (Å²) in [6.07, 6.45) is 3.49. The number of halogens is 1. The molecule has 1 unspecified atom stereocenters. The van der Waals surface area contributed by atoms with Gasteiger partial charge in [-0.15, -0.1) is 0 Å². The van der Waals surface area contributed by atoms with Crippen LogP contribution in [0.15, 0.2) is 12.4 Å². The predicted octanol–water partition coefficient (Wildman–Crippen LogP) is 1.79. The van der Waals surface area contributed by atoms with Crippen molar-refractivity contribution >= 4 is 23.6 Å². The van der Waals surface area contributed by atoms with Crippen LogP contribution in [-0.2, 0) is 9.53 Å². The molecule has 1 aliphatic rings. The minimum atomic E-state index is -0.360. The van der Waals surface area contributed by atoms with E-state index in [0.717, 1.165) is 0 Å². The number of hydrogen-bond acceptors (Lipinski definition) is 4. The van der Waals surface area contributed by atoms with E-state index in [9.17, 15) is 9.59 Å². The average Bonchev–Trinajstić information content (AvgIpc) is 2.94. The molecule has 7 nitrogen and oxygen atoms in total. The van der Waals surface area contributed by atoms with Gasteiger partial charge in [0.25, 0.3) is 0 Å². The van der Waals surface area contributed by atoms with Crippen molar-refractivity contribution in [2.24, 2.45) is 0 Å². The third-order valence-corrected chi connectivity index (χ3v) is 3.87. The van der Waals surface area contributed by atoms with Gasteiger partial charge in [-0.05, 0) is 13.3 Å². The molecule has 1 atom stereocenters. The van der Waals surface area contributed by atoms with Crippen LogP contribution < -0.4 is 0 Å². The molecule has 0 radical (unpaired) electrons. The van der Waals surface area contributed by atoms with Crippen molar-refractivity contribution < 1.29 is 14.3 Å². The van der Waals surface area contributed by atoms with Crippen molar-refractivity contribution in [3.63, 3.8) is 0 Å². The Hall–Kier alpha value is -1.76. The van der Waals surface area contributed by atoms with Gasteiger partial charge in [0.2, 0.25) is 5.91 Å². The van der Waals surface area contributed by atoms with Crippen molar-refractivity contribution in [2.75, 3.05) is 32.8 Å². The van der Waals surface area contributed by atoms with Crippen LogP contribution in [0.3, 0.4) is 0 Å². The molecule has 1 aromatic heterocycles. The van der Waals surface area contributed by atoms with Crippen LogP contribution in [0.4, 0.5) is 4.79 Å². The molecule has 0 aromatic carbocycles. The molecule has 1 aromatic rings. The second-order valence-electron chi connectivity index (χ2n) is 5.07. The van der Waals surface area contributed by atoms with E-state index in [1.54, 1.807) is 27.6 Å². The molecule has 1 aliphatic heterocycles. The Bertz CT molecular complexity index is 526. The average molecular weight is 329 g/mol.